The number of benzene rings is 6. The average molecular weight is 831 g/mol. The summed E-state index contributed by atoms with van der Waals surface area (Å²) in [5.41, 5.74) is 14.5. The van der Waals surface area contributed by atoms with Gasteiger partial charge in [0.05, 0.1) is 28.1 Å². The Bertz CT molecular complexity index is 2980. The van der Waals surface area contributed by atoms with Gasteiger partial charge < -0.3 is 14.5 Å². The highest BCUT2D eigenvalue weighted by molar-refractivity contribution is 6.09. The molecule has 0 fully saturated rings. The molecule has 0 amide bonds. The second-order valence-electron chi connectivity index (χ2n) is 21.6. The number of hydrogen-bond acceptors (Lipinski definition) is 4. The van der Waals surface area contributed by atoms with E-state index in [4.69, 9.17) is 9.72 Å². The van der Waals surface area contributed by atoms with Gasteiger partial charge in [0.2, 0.25) is 0 Å². The molecule has 0 atom stereocenters. The predicted octanol–water partition coefficient (Wildman–Crippen LogP) is 16.1. The molecule has 2 aromatic heterocycles. The van der Waals surface area contributed by atoms with Crippen LogP contribution in [0.25, 0.3) is 38.8 Å². The van der Waals surface area contributed by atoms with Crippen LogP contribution in [0.1, 0.15) is 105 Å². The lowest BCUT2D eigenvalue weighted by atomic mass is 9.78. The van der Waals surface area contributed by atoms with Gasteiger partial charge in [0.1, 0.15) is 24.0 Å². The van der Waals surface area contributed by atoms with Crippen molar-refractivity contribution in [1.29, 1.82) is 0 Å². The van der Waals surface area contributed by atoms with Gasteiger partial charge in [-0.2, -0.15) is 0 Å². The van der Waals surface area contributed by atoms with Crippen molar-refractivity contribution in [3.8, 4) is 28.4 Å². The van der Waals surface area contributed by atoms with E-state index in [1.54, 1.807) is 0 Å². The number of nitrogens with zero attached hydrogens (tertiary/aromatic N) is 4. The first-order valence-electron chi connectivity index (χ1n) is 22.5. The Balaban J connectivity index is 1.10. The van der Waals surface area contributed by atoms with Crippen molar-refractivity contribution >= 4 is 44.6 Å². The molecule has 8 aromatic rings. The Morgan fingerprint density at radius 2 is 1.05 bits per heavy atom. The summed E-state index contributed by atoms with van der Waals surface area (Å²) >= 11 is 0. The molecule has 0 N–H and O–H groups in total. The number of ether oxygens (including phenoxy) is 1. The summed E-state index contributed by atoms with van der Waals surface area (Å²) in [5, 5.41) is 2.35. The number of rotatable bonds is 6. The highest BCUT2D eigenvalue weighted by Gasteiger charge is 2.32. The number of anilines is 4. The van der Waals surface area contributed by atoms with Crippen LogP contribution < -0.4 is 14.5 Å². The lowest BCUT2D eigenvalue weighted by Crippen LogP contribution is -2.25. The molecule has 0 bridgehead atoms. The fourth-order valence-corrected chi connectivity index (χ4v) is 8.87. The molecule has 5 heteroatoms. The summed E-state index contributed by atoms with van der Waals surface area (Å²) in [5.74, 6) is 2.45. The van der Waals surface area contributed by atoms with Crippen LogP contribution in [0, 0.1) is 0 Å². The molecular weight excluding hydrogens is 769 g/mol. The zero-order chi connectivity index (χ0) is 44.6. The lowest BCUT2D eigenvalue weighted by molar-refractivity contribution is 0.483. The highest BCUT2D eigenvalue weighted by Crippen LogP contribution is 2.49. The van der Waals surface area contributed by atoms with E-state index in [-0.39, 0.29) is 21.7 Å². The zero-order valence-corrected chi connectivity index (χ0v) is 39.3. The predicted molar refractivity (Wildman–Crippen MR) is 267 cm³/mol. The van der Waals surface area contributed by atoms with Gasteiger partial charge in [0, 0.05) is 40.4 Å². The number of hydrogen-bond donors (Lipinski definition) is 0. The number of fused-ring (bicyclic) bond motifs is 4. The number of aromatic nitrogens is 2. The van der Waals surface area contributed by atoms with Gasteiger partial charge in [0.25, 0.3) is 0 Å². The van der Waals surface area contributed by atoms with Crippen LogP contribution in [0.15, 0.2) is 146 Å². The molecule has 0 radical (unpaired) electrons. The third-order valence-electron chi connectivity index (χ3n) is 12.7. The normalized spacial score (nSPS) is 13.6. The maximum atomic E-state index is 6.78. The molecule has 1 aliphatic rings. The molecule has 1 aliphatic heterocycles. The molecule has 0 saturated carbocycles. The molecule has 0 saturated heterocycles. The first-order valence-corrected chi connectivity index (χ1v) is 22.5. The van der Waals surface area contributed by atoms with Gasteiger partial charge >= 0.3 is 0 Å². The first-order chi connectivity index (χ1) is 29.7. The van der Waals surface area contributed by atoms with E-state index in [1.807, 2.05) is 6.20 Å². The molecule has 5 nitrogen and oxygen atoms in total. The summed E-state index contributed by atoms with van der Waals surface area (Å²) in [6.45, 7) is 28.2. The number of para-hydroxylation sites is 3. The fraction of sp³-hybridized carbons (Fsp3) is 0.293. The maximum Gasteiger partial charge on any atom is 0.137 e. The average Bonchev–Trinajstić information content (AvgIpc) is 3.78. The van der Waals surface area contributed by atoms with Crippen molar-refractivity contribution in [1.82, 2.24) is 9.55 Å². The van der Waals surface area contributed by atoms with Crippen LogP contribution in [0.2, 0.25) is 0 Å². The van der Waals surface area contributed by atoms with Crippen LogP contribution in [0.3, 0.4) is 0 Å². The van der Waals surface area contributed by atoms with E-state index in [1.165, 1.54) is 50.1 Å². The van der Waals surface area contributed by atoms with E-state index >= 15 is 0 Å². The van der Waals surface area contributed by atoms with Gasteiger partial charge in [-0.25, -0.2) is 4.98 Å². The van der Waals surface area contributed by atoms with E-state index in [9.17, 15) is 0 Å². The maximum absolute atomic E-state index is 6.78. The second-order valence-corrected chi connectivity index (χ2v) is 21.6. The molecule has 9 rings (SSSR count). The van der Waals surface area contributed by atoms with Crippen LogP contribution >= 0.6 is 0 Å². The van der Waals surface area contributed by atoms with Crippen molar-refractivity contribution in [2.45, 2.75) is 105 Å². The third-order valence-corrected chi connectivity index (χ3v) is 12.7. The summed E-state index contributed by atoms with van der Waals surface area (Å²) in [6.07, 6.45) is 1.93. The van der Waals surface area contributed by atoms with Crippen LogP contribution in [0.4, 0.5) is 22.7 Å². The topological polar surface area (TPSA) is 33.5 Å². The smallest absolute Gasteiger partial charge is 0.137 e. The molecule has 6 aromatic carbocycles. The minimum Gasteiger partial charge on any atom is -0.457 e. The number of pyridine rings is 1. The molecule has 0 aliphatic carbocycles. The molecule has 320 valence electrons. The first kappa shape index (κ1) is 42.0. The Morgan fingerprint density at radius 1 is 0.444 bits per heavy atom. The Morgan fingerprint density at radius 3 is 1.73 bits per heavy atom. The monoisotopic (exact) mass is 830 g/mol. The Kier molecular flexibility index (Phi) is 10.1. The van der Waals surface area contributed by atoms with Crippen molar-refractivity contribution in [3.05, 3.63) is 168 Å². The third kappa shape index (κ3) is 7.99. The molecular formula is C58H62N4O. The fourth-order valence-electron chi connectivity index (χ4n) is 8.87. The summed E-state index contributed by atoms with van der Waals surface area (Å²) in [6, 6.07) is 51.0. The minimum atomic E-state index is -0.0218. The zero-order valence-electron chi connectivity index (χ0n) is 39.3. The SMILES string of the molecule is CC(C)(C)c1cc(-c2ccc(C(C)(C)C)cc2N2CN(c3cccc(Oc4ccc5c6ccccc6n(-c6cc(C(C)(C)C)ccn6)c5c4)c3)c3ccccc32)cc(C(C)(C)C)c1. The van der Waals surface area contributed by atoms with Crippen LogP contribution in [0.5, 0.6) is 11.5 Å². The lowest BCUT2D eigenvalue weighted by Gasteiger charge is -2.30. The summed E-state index contributed by atoms with van der Waals surface area (Å²) < 4.78 is 9.05. The largest absolute Gasteiger partial charge is 0.457 e. The van der Waals surface area contributed by atoms with Gasteiger partial charge in [-0.05, 0) is 110 Å². The minimum absolute atomic E-state index is 0.00439. The summed E-state index contributed by atoms with van der Waals surface area (Å²) in [4.78, 5) is 9.81. The van der Waals surface area contributed by atoms with E-state index in [2.05, 4.69) is 237 Å². The van der Waals surface area contributed by atoms with Gasteiger partial charge in [-0.1, -0.05) is 150 Å². The van der Waals surface area contributed by atoms with Gasteiger partial charge in [0.15, 0.2) is 0 Å². The van der Waals surface area contributed by atoms with Crippen molar-refractivity contribution < 1.29 is 4.74 Å². The van der Waals surface area contributed by atoms with Gasteiger partial charge in [-0.3, -0.25) is 4.57 Å². The highest BCUT2D eigenvalue weighted by atomic mass is 16.5. The second kappa shape index (κ2) is 15.2. The quantitative estimate of drug-likeness (QED) is 0.167. The standard InChI is InChI=1S/C58H62N4O/c1-55(2,3)39-24-26-46(38-30-41(57(7,8)9)32-42(31-38)58(10,11)12)52(33-39)61-37-60(50-22-15-16-23-51(50)61)43-18-17-19-44(35-43)63-45-25-27-48-47-20-13-14-21-49(47)62(53(48)36-45)54-34-40(28-29-59-54)56(4,5)6/h13-36H,37H2,1-12H3. The Hall–Kier alpha value is -6.33. The van der Waals surface area contributed by atoms with Crippen molar-refractivity contribution in [2.75, 3.05) is 16.5 Å². The van der Waals surface area contributed by atoms with Crippen molar-refractivity contribution in [2.24, 2.45) is 0 Å². The Labute approximate surface area is 375 Å². The molecule has 3 heterocycles. The molecule has 0 unspecified atom stereocenters. The van der Waals surface area contributed by atoms with Crippen molar-refractivity contribution in [3.63, 3.8) is 0 Å². The molecule has 0 spiro atoms. The van der Waals surface area contributed by atoms with Crippen LogP contribution in [-0.4, -0.2) is 16.2 Å². The summed E-state index contributed by atoms with van der Waals surface area (Å²) in [7, 11) is 0. The van der Waals surface area contributed by atoms with Gasteiger partial charge in [-0.15, -0.1) is 0 Å². The van der Waals surface area contributed by atoms with E-state index in [0.717, 1.165) is 45.1 Å². The van der Waals surface area contributed by atoms with E-state index < -0.39 is 0 Å². The molecule has 63 heavy (non-hydrogen) atoms. The van der Waals surface area contributed by atoms with E-state index in [0.29, 0.717) is 6.67 Å². The van der Waals surface area contributed by atoms with Crippen LogP contribution in [-0.2, 0) is 21.7 Å².